The van der Waals surface area contributed by atoms with E-state index < -0.39 is 0 Å². The molecule has 1 unspecified atom stereocenters. The van der Waals surface area contributed by atoms with Crippen LogP contribution >= 0.6 is 0 Å². The Hall–Kier alpha value is -3.29. The zero-order valence-corrected chi connectivity index (χ0v) is 22.4. The number of fused-ring (bicyclic) bond motifs is 1. The number of aromatic nitrogens is 2. The number of pyridine rings is 2. The van der Waals surface area contributed by atoms with Gasteiger partial charge in [-0.15, -0.1) is 0 Å². The van der Waals surface area contributed by atoms with Crippen LogP contribution in [0.4, 0.5) is 4.79 Å². The molecule has 200 valence electrons. The van der Waals surface area contributed by atoms with Gasteiger partial charge in [-0.05, 0) is 85.4 Å². The number of rotatable bonds is 9. The summed E-state index contributed by atoms with van der Waals surface area (Å²) in [4.78, 5) is 23.2. The van der Waals surface area contributed by atoms with E-state index in [0.29, 0.717) is 12.5 Å². The van der Waals surface area contributed by atoms with E-state index >= 15 is 0 Å². The van der Waals surface area contributed by atoms with Crippen molar-refractivity contribution in [2.45, 2.75) is 70.6 Å². The first kappa shape index (κ1) is 26.3. The Morgan fingerprint density at radius 2 is 1.87 bits per heavy atom. The molecule has 7 heteroatoms. The Bertz CT molecular complexity index is 1190. The van der Waals surface area contributed by atoms with Crippen molar-refractivity contribution in [1.82, 2.24) is 25.5 Å². The molecule has 1 atom stereocenters. The van der Waals surface area contributed by atoms with Gasteiger partial charge in [0.1, 0.15) is 0 Å². The second kappa shape index (κ2) is 13.0. The zero-order valence-electron chi connectivity index (χ0n) is 22.4. The summed E-state index contributed by atoms with van der Waals surface area (Å²) in [7, 11) is 0. The molecule has 3 heterocycles. The third-order valence-electron chi connectivity index (χ3n) is 7.77. The number of likely N-dealkylation sites (tertiary alicyclic amines) is 1. The van der Waals surface area contributed by atoms with Gasteiger partial charge < -0.3 is 20.3 Å². The third-order valence-corrected chi connectivity index (χ3v) is 7.77. The number of nitrogens with one attached hydrogen (secondary N) is 2. The maximum absolute atomic E-state index is 12.3. The number of aryl methyl sites for hydroxylation is 1. The molecule has 38 heavy (non-hydrogen) atoms. The highest BCUT2D eigenvalue weighted by atomic mass is 16.6. The SMILES string of the molecule is CCOC(=O)N1CCC(c2cc(CNCc3ccccn3)ccc2CNC2CCCc3cccnc32)CC1. The largest absolute Gasteiger partial charge is 0.450 e. The standard InChI is InChI=1S/C31H39N5O2/c1-2-38-31(37)36-17-13-24(14-18-36)28-19-23(20-32-22-27-9-3-4-15-33-27)11-12-26(28)21-35-29-10-5-7-25-8-6-16-34-30(25)29/h3-4,6,8-9,11-12,15-16,19,24,29,32,35H,2,5,7,10,13-14,17-18,20-22H2,1H3. The van der Waals surface area contributed by atoms with Crippen molar-refractivity contribution >= 4 is 6.09 Å². The molecule has 2 aromatic heterocycles. The highest BCUT2D eigenvalue weighted by molar-refractivity contribution is 5.67. The molecule has 3 aromatic rings. The Labute approximate surface area is 226 Å². The van der Waals surface area contributed by atoms with Crippen molar-refractivity contribution in [1.29, 1.82) is 0 Å². The first-order valence-electron chi connectivity index (χ1n) is 14.0. The smallest absolute Gasteiger partial charge is 0.409 e. The van der Waals surface area contributed by atoms with Crippen molar-refractivity contribution < 1.29 is 9.53 Å². The van der Waals surface area contributed by atoms with Gasteiger partial charge in [-0.1, -0.05) is 30.3 Å². The number of hydrogen-bond acceptors (Lipinski definition) is 6. The second-order valence-electron chi connectivity index (χ2n) is 10.3. The van der Waals surface area contributed by atoms with E-state index in [-0.39, 0.29) is 12.1 Å². The first-order chi connectivity index (χ1) is 18.7. The predicted octanol–water partition coefficient (Wildman–Crippen LogP) is 5.27. The quantitative estimate of drug-likeness (QED) is 0.406. The van der Waals surface area contributed by atoms with Crippen molar-refractivity contribution in [3.63, 3.8) is 0 Å². The van der Waals surface area contributed by atoms with E-state index in [1.54, 1.807) is 0 Å². The summed E-state index contributed by atoms with van der Waals surface area (Å²) in [6.07, 6.45) is 8.88. The number of benzene rings is 1. The van der Waals surface area contributed by atoms with Gasteiger partial charge in [-0.25, -0.2) is 4.79 Å². The molecule has 7 nitrogen and oxygen atoms in total. The van der Waals surface area contributed by atoms with Crippen molar-refractivity contribution in [3.8, 4) is 0 Å². The minimum atomic E-state index is -0.191. The fraction of sp³-hybridized carbons (Fsp3) is 0.452. The van der Waals surface area contributed by atoms with Gasteiger partial charge in [0.2, 0.25) is 0 Å². The molecule has 1 aliphatic heterocycles. The maximum Gasteiger partial charge on any atom is 0.409 e. The highest BCUT2D eigenvalue weighted by Crippen LogP contribution is 2.33. The van der Waals surface area contributed by atoms with Crippen LogP contribution in [0, 0.1) is 0 Å². The number of hydrogen-bond donors (Lipinski definition) is 2. The molecule has 1 amide bonds. The van der Waals surface area contributed by atoms with Crippen molar-refractivity contribution in [3.05, 3.63) is 94.6 Å². The van der Waals surface area contributed by atoms with Crippen LogP contribution in [-0.4, -0.2) is 40.7 Å². The maximum atomic E-state index is 12.3. The van der Waals surface area contributed by atoms with Crippen LogP contribution < -0.4 is 10.6 Å². The van der Waals surface area contributed by atoms with Crippen LogP contribution in [0.25, 0.3) is 0 Å². The Morgan fingerprint density at radius 1 is 1.00 bits per heavy atom. The molecule has 1 fully saturated rings. The van der Waals surface area contributed by atoms with E-state index in [2.05, 4.69) is 39.9 Å². The molecular weight excluding hydrogens is 474 g/mol. The van der Waals surface area contributed by atoms with Crippen LogP contribution in [0.2, 0.25) is 0 Å². The Kier molecular flexibility index (Phi) is 8.99. The Balaban J connectivity index is 1.29. The summed E-state index contributed by atoms with van der Waals surface area (Å²) in [6, 6.07) is 17.5. The van der Waals surface area contributed by atoms with Gasteiger partial charge in [-0.2, -0.15) is 0 Å². The van der Waals surface area contributed by atoms with E-state index in [9.17, 15) is 4.79 Å². The van der Waals surface area contributed by atoms with Gasteiger partial charge in [0.15, 0.2) is 0 Å². The summed E-state index contributed by atoms with van der Waals surface area (Å²) < 4.78 is 5.24. The minimum absolute atomic E-state index is 0.191. The van der Waals surface area contributed by atoms with E-state index in [1.807, 2.05) is 48.5 Å². The summed E-state index contributed by atoms with van der Waals surface area (Å²) in [5, 5.41) is 7.37. The number of nitrogens with zero attached hydrogens (tertiary/aromatic N) is 3. The van der Waals surface area contributed by atoms with Crippen LogP contribution in [0.15, 0.2) is 60.9 Å². The molecule has 5 rings (SSSR count). The lowest BCUT2D eigenvalue weighted by Crippen LogP contribution is -2.38. The van der Waals surface area contributed by atoms with Crippen LogP contribution in [0.5, 0.6) is 0 Å². The lowest BCUT2D eigenvalue weighted by molar-refractivity contribution is 0.0970. The molecule has 0 saturated carbocycles. The van der Waals surface area contributed by atoms with Crippen molar-refractivity contribution in [2.75, 3.05) is 19.7 Å². The van der Waals surface area contributed by atoms with Crippen molar-refractivity contribution in [2.24, 2.45) is 0 Å². The van der Waals surface area contributed by atoms with Gasteiger partial charge in [0.05, 0.1) is 24.0 Å². The summed E-state index contributed by atoms with van der Waals surface area (Å²) >= 11 is 0. The van der Waals surface area contributed by atoms with Crippen LogP contribution in [-0.2, 0) is 30.8 Å². The molecule has 0 spiro atoms. The normalized spacial score (nSPS) is 17.7. The summed E-state index contributed by atoms with van der Waals surface area (Å²) in [5.74, 6) is 0.421. The number of piperidine rings is 1. The van der Waals surface area contributed by atoms with Crippen LogP contribution in [0.3, 0.4) is 0 Å². The van der Waals surface area contributed by atoms with E-state index in [1.165, 1.54) is 34.4 Å². The van der Waals surface area contributed by atoms with Gasteiger partial charge in [0, 0.05) is 45.1 Å². The minimum Gasteiger partial charge on any atom is -0.450 e. The summed E-state index contributed by atoms with van der Waals surface area (Å²) in [6.45, 7) is 6.09. The second-order valence-corrected chi connectivity index (χ2v) is 10.3. The van der Waals surface area contributed by atoms with Gasteiger partial charge in [0.25, 0.3) is 0 Å². The zero-order chi connectivity index (χ0) is 26.2. The fourth-order valence-corrected chi connectivity index (χ4v) is 5.76. The first-order valence-corrected chi connectivity index (χ1v) is 14.0. The molecule has 1 aromatic carbocycles. The molecule has 2 aliphatic rings. The summed E-state index contributed by atoms with van der Waals surface area (Å²) in [5.41, 5.74) is 7.64. The molecule has 2 N–H and O–H groups in total. The molecule has 0 radical (unpaired) electrons. The highest BCUT2D eigenvalue weighted by Gasteiger charge is 2.27. The van der Waals surface area contributed by atoms with Gasteiger partial charge in [-0.3, -0.25) is 9.97 Å². The van der Waals surface area contributed by atoms with Gasteiger partial charge >= 0.3 is 6.09 Å². The monoisotopic (exact) mass is 513 g/mol. The lowest BCUT2D eigenvalue weighted by atomic mass is 9.85. The third kappa shape index (κ3) is 6.58. The predicted molar refractivity (Wildman–Crippen MR) is 149 cm³/mol. The molecule has 1 aliphatic carbocycles. The van der Waals surface area contributed by atoms with Crippen LogP contribution in [0.1, 0.15) is 78.2 Å². The molecule has 0 bridgehead atoms. The Morgan fingerprint density at radius 3 is 2.68 bits per heavy atom. The molecule has 1 saturated heterocycles. The van der Waals surface area contributed by atoms with E-state index in [0.717, 1.165) is 64.1 Å². The number of ether oxygens (including phenoxy) is 1. The average Bonchev–Trinajstić information content (AvgIpc) is 2.97. The lowest BCUT2D eigenvalue weighted by Gasteiger charge is -2.33. The number of amides is 1. The molecular formula is C31H39N5O2. The fourth-order valence-electron chi connectivity index (χ4n) is 5.76. The average molecular weight is 514 g/mol. The number of carbonyl (C=O) groups is 1. The topological polar surface area (TPSA) is 79.4 Å². The van der Waals surface area contributed by atoms with E-state index in [4.69, 9.17) is 9.72 Å². The number of carbonyl (C=O) groups excluding carboxylic acids is 1.